The Morgan fingerprint density at radius 2 is 1.63 bits per heavy atom. The minimum atomic E-state index is -0.797. The molecule has 1 N–H and O–H groups in total. The number of thioether (sulfide) groups is 1. The SMILES string of the molecule is CCNC(=O)[C@H](Cc1ccccc1)N(Cc1ccccc1F)C(=O)CSCc1c(Cl)cccc1Cl. The molecule has 0 aliphatic heterocycles. The molecule has 184 valence electrons. The van der Waals surface area contributed by atoms with Crippen LogP contribution in [0.5, 0.6) is 0 Å². The molecule has 0 unspecified atom stereocenters. The molecule has 0 aliphatic carbocycles. The highest BCUT2D eigenvalue weighted by Crippen LogP contribution is 2.28. The van der Waals surface area contributed by atoms with E-state index >= 15 is 0 Å². The fraction of sp³-hybridized carbons (Fsp3) is 0.259. The summed E-state index contributed by atoms with van der Waals surface area (Å²) in [6.07, 6.45) is 0.313. The van der Waals surface area contributed by atoms with Gasteiger partial charge in [0.1, 0.15) is 11.9 Å². The molecule has 0 saturated carbocycles. The van der Waals surface area contributed by atoms with Crippen LogP contribution in [0.2, 0.25) is 10.0 Å². The third kappa shape index (κ3) is 7.72. The number of nitrogens with one attached hydrogen (secondary N) is 1. The minimum absolute atomic E-state index is 0.0203. The summed E-state index contributed by atoms with van der Waals surface area (Å²) in [7, 11) is 0. The number of hydrogen-bond donors (Lipinski definition) is 1. The van der Waals surface area contributed by atoms with Gasteiger partial charge >= 0.3 is 0 Å². The third-order valence-electron chi connectivity index (χ3n) is 5.45. The smallest absolute Gasteiger partial charge is 0.243 e. The Morgan fingerprint density at radius 1 is 0.971 bits per heavy atom. The monoisotopic (exact) mass is 532 g/mol. The van der Waals surface area contributed by atoms with E-state index in [9.17, 15) is 14.0 Å². The molecule has 0 spiro atoms. The Balaban J connectivity index is 1.86. The summed E-state index contributed by atoms with van der Waals surface area (Å²) >= 11 is 13.9. The van der Waals surface area contributed by atoms with E-state index in [1.54, 1.807) is 36.4 Å². The van der Waals surface area contributed by atoms with Gasteiger partial charge in [0.15, 0.2) is 0 Å². The van der Waals surface area contributed by atoms with Gasteiger partial charge in [0, 0.05) is 40.9 Å². The van der Waals surface area contributed by atoms with Crippen LogP contribution in [0.4, 0.5) is 4.39 Å². The molecule has 0 aliphatic rings. The molecule has 0 heterocycles. The maximum absolute atomic E-state index is 14.5. The zero-order valence-electron chi connectivity index (χ0n) is 19.3. The first kappa shape index (κ1) is 27.1. The maximum Gasteiger partial charge on any atom is 0.243 e. The van der Waals surface area contributed by atoms with Gasteiger partial charge in [-0.1, -0.05) is 77.8 Å². The molecular weight excluding hydrogens is 506 g/mol. The van der Waals surface area contributed by atoms with E-state index in [0.717, 1.165) is 11.1 Å². The van der Waals surface area contributed by atoms with Crippen LogP contribution in [0.25, 0.3) is 0 Å². The lowest BCUT2D eigenvalue weighted by Crippen LogP contribution is -2.51. The van der Waals surface area contributed by atoms with E-state index in [4.69, 9.17) is 23.2 Å². The Labute approximate surface area is 219 Å². The number of halogens is 3. The van der Waals surface area contributed by atoms with Crippen molar-refractivity contribution in [2.45, 2.75) is 31.7 Å². The molecule has 3 aromatic rings. The van der Waals surface area contributed by atoms with Gasteiger partial charge in [0.25, 0.3) is 0 Å². The van der Waals surface area contributed by atoms with Crippen LogP contribution in [0.1, 0.15) is 23.6 Å². The first-order valence-electron chi connectivity index (χ1n) is 11.3. The van der Waals surface area contributed by atoms with Crippen molar-refractivity contribution in [2.75, 3.05) is 12.3 Å². The Hall–Kier alpha value is -2.54. The third-order valence-corrected chi connectivity index (χ3v) is 7.11. The van der Waals surface area contributed by atoms with Crippen molar-refractivity contribution >= 4 is 46.8 Å². The topological polar surface area (TPSA) is 49.4 Å². The van der Waals surface area contributed by atoms with Crippen LogP contribution in [0.3, 0.4) is 0 Å². The maximum atomic E-state index is 14.5. The molecule has 2 amide bonds. The summed E-state index contributed by atoms with van der Waals surface area (Å²) < 4.78 is 14.5. The number of benzene rings is 3. The first-order chi connectivity index (χ1) is 16.9. The summed E-state index contributed by atoms with van der Waals surface area (Å²) in [5.41, 5.74) is 2.01. The standard InChI is InChI=1S/C27H27Cl2FN2O2S/c1-2-31-27(34)25(15-19-9-4-3-5-10-19)32(16-20-11-6-7-14-24(20)30)26(33)18-35-17-21-22(28)12-8-13-23(21)29/h3-14,25H,2,15-18H2,1H3,(H,31,34)/t25-/m0/s1. The highest BCUT2D eigenvalue weighted by atomic mass is 35.5. The molecular formula is C27H27Cl2FN2O2S. The van der Waals surface area contributed by atoms with Crippen LogP contribution in [-0.2, 0) is 28.3 Å². The first-order valence-corrected chi connectivity index (χ1v) is 13.2. The van der Waals surface area contributed by atoms with Crippen LogP contribution >= 0.6 is 35.0 Å². The Bertz CT molecular complexity index is 1130. The van der Waals surface area contributed by atoms with Crippen molar-refractivity contribution in [3.63, 3.8) is 0 Å². The second-order valence-electron chi connectivity index (χ2n) is 7.91. The van der Waals surface area contributed by atoms with E-state index in [-0.39, 0.29) is 24.1 Å². The molecule has 1 atom stereocenters. The molecule has 3 aromatic carbocycles. The number of carbonyl (C=O) groups is 2. The second kappa shape index (κ2) is 13.5. The van der Waals surface area contributed by atoms with Crippen molar-refractivity contribution in [2.24, 2.45) is 0 Å². The quantitative estimate of drug-likeness (QED) is 0.322. The zero-order chi connectivity index (χ0) is 25.2. The number of hydrogen-bond acceptors (Lipinski definition) is 3. The van der Waals surface area contributed by atoms with Gasteiger partial charge in [-0.3, -0.25) is 9.59 Å². The average molecular weight is 533 g/mol. The largest absolute Gasteiger partial charge is 0.355 e. The summed E-state index contributed by atoms with van der Waals surface area (Å²) in [5.74, 6) is -0.452. The van der Waals surface area contributed by atoms with Crippen LogP contribution in [-0.4, -0.2) is 35.1 Å². The van der Waals surface area contributed by atoms with Crippen molar-refractivity contribution < 1.29 is 14.0 Å². The Morgan fingerprint density at radius 3 is 2.29 bits per heavy atom. The van der Waals surface area contributed by atoms with Gasteiger partial charge in [0.2, 0.25) is 11.8 Å². The predicted molar refractivity (Wildman–Crippen MR) is 142 cm³/mol. The lowest BCUT2D eigenvalue weighted by Gasteiger charge is -2.31. The van der Waals surface area contributed by atoms with Crippen molar-refractivity contribution in [3.05, 3.63) is 105 Å². The molecule has 3 rings (SSSR count). The molecule has 0 saturated heterocycles. The lowest BCUT2D eigenvalue weighted by molar-refractivity contribution is -0.139. The van der Waals surface area contributed by atoms with Gasteiger partial charge in [0.05, 0.1) is 5.75 Å². The van der Waals surface area contributed by atoms with Crippen molar-refractivity contribution in [1.29, 1.82) is 0 Å². The molecule has 0 fully saturated rings. The summed E-state index contributed by atoms with van der Waals surface area (Å²) in [5, 5.41) is 3.89. The molecule has 0 aromatic heterocycles. The van der Waals surface area contributed by atoms with Crippen LogP contribution in [0, 0.1) is 5.82 Å². The summed E-state index contributed by atoms with van der Waals surface area (Å²) in [6.45, 7) is 2.23. The molecule has 0 radical (unpaired) electrons. The normalized spacial score (nSPS) is 11.7. The number of carbonyl (C=O) groups excluding carboxylic acids is 2. The predicted octanol–water partition coefficient (Wildman–Crippen LogP) is 6.14. The van der Waals surface area contributed by atoms with Gasteiger partial charge in [-0.05, 0) is 36.2 Å². The Kier molecular flexibility index (Phi) is 10.5. The van der Waals surface area contributed by atoms with Crippen LogP contribution < -0.4 is 5.32 Å². The fourth-order valence-corrected chi connectivity index (χ4v) is 5.30. The van der Waals surface area contributed by atoms with Gasteiger partial charge in [-0.15, -0.1) is 11.8 Å². The lowest BCUT2D eigenvalue weighted by atomic mass is 10.0. The summed E-state index contributed by atoms with van der Waals surface area (Å²) in [4.78, 5) is 28.1. The number of amides is 2. The molecule has 8 heteroatoms. The van der Waals surface area contributed by atoms with E-state index < -0.39 is 11.9 Å². The average Bonchev–Trinajstić information content (AvgIpc) is 2.85. The zero-order valence-corrected chi connectivity index (χ0v) is 21.7. The van der Waals surface area contributed by atoms with Gasteiger partial charge in [-0.25, -0.2) is 4.39 Å². The van der Waals surface area contributed by atoms with Gasteiger partial charge in [-0.2, -0.15) is 0 Å². The fourth-order valence-electron chi connectivity index (χ4n) is 3.65. The molecule has 35 heavy (non-hydrogen) atoms. The minimum Gasteiger partial charge on any atom is -0.355 e. The second-order valence-corrected chi connectivity index (χ2v) is 9.71. The number of rotatable bonds is 11. The van der Waals surface area contributed by atoms with Crippen LogP contribution in [0.15, 0.2) is 72.8 Å². The van der Waals surface area contributed by atoms with E-state index in [1.807, 2.05) is 37.3 Å². The van der Waals surface area contributed by atoms with E-state index in [2.05, 4.69) is 5.32 Å². The highest BCUT2D eigenvalue weighted by Gasteiger charge is 2.30. The number of likely N-dealkylation sites (N-methyl/N-ethyl adjacent to an activating group) is 1. The van der Waals surface area contributed by atoms with E-state index in [0.29, 0.717) is 34.3 Å². The van der Waals surface area contributed by atoms with Crippen molar-refractivity contribution in [1.82, 2.24) is 10.2 Å². The highest BCUT2D eigenvalue weighted by molar-refractivity contribution is 7.99. The summed E-state index contributed by atoms with van der Waals surface area (Å²) in [6, 6.07) is 20.2. The van der Waals surface area contributed by atoms with Gasteiger partial charge < -0.3 is 10.2 Å². The molecule has 0 bridgehead atoms. The molecule has 4 nitrogen and oxygen atoms in total. The van der Waals surface area contributed by atoms with E-state index in [1.165, 1.54) is 22.7 Å². The number of nitrogens with zero attached hydrogens (tertiary/aromatic N) is 1. The van der Waals surface area contributed by atoms with Crippen molar-refractivity contribution in [3.8, 4) is 0 Å².